The molecule has 0 atom stereocenters. The Morgan fingerprint density at radius 2 is 1.65 bits per heavy atom. The van der Waals surface area contributed by atoms with Gasteiger partial charge in [-0.25, -0.2) is 0 Å². The predicted molar refractivity (Wildman–Crippen MR) is 62.0 cm³/mol. The third-order valence-electron chi connectivity index (χ3n) is 2.43. The van der Waals surface area contributed by atoms with Gasteiger partial charge >= 0.3 is 10.2 Å². The van der Waals surface area contributed by atoms with Crippen LogP contribution >= 0.6 is 0 Å². The summed E-state index contributed by atoms with van der Waals surface area (Å²) in [5.74, 6) is -0.196. The summed E-state index contributed by atoms with van der Waals surface area (Å²) in [6.07, 6.45) is 0. The summed E-state index contributed by atoms with van der Waals surface area (Å²) in [5.41, 5.74) is 0.348. The molecule has 6 heteroatoms. The number of hydrogen-bond acceptors (Lipinski definition) is 3. The Hall–Kier alpha value is -1.43. The summed E-state index contributed by atoms with van der Waals surface area (Å²) in [5, 5.41) is 0. The molecular weight excluding hydrogens is 245 g/mol. The minimum atomic E-state index is -4.70. The van der Waals surface area contributed by atoms with E-state index in [4.69, 9.17) is 0 Å². The highest BCUT2D eigenvalue weighted by molar-refractivity contribution is 7.86. The molecule has 1 rings (SSSR count). The molecule has 4 nitrogen and oxygen atoms in total. The molecule has 0 aliphatic rings. The van der Waals surface area contributed by atoms with Crippen molar-refractivity contribution >= 4 is 16.1 Å². The first-order valence-electron chi connectivity index (χ1n) is 5.24. The maximum atomic E-state index is 12.6. The fourth-order valence-corrected chi connectivity index (χ4v) is 1.91. The Balaban J connectivity index is 2.99. The number of halogens is 1. The van der Waals surface area contributed by atoms with Crippen LogP contribution < -0.4 is 0 Å². The highest BCUT2D eigenvalue weighted by Crippen LogP contribution is 2.14. The van der Waals surface area contributed by atoms with E-state index in [1.54, 1.807) is 4.90 Å². The molecule has 0 fully saturated rings. The highest BCUT2D eigenvalue weighted by atomic mass is 32.3. The van der Waals surface area contributed by atoms with E-state index >= 15 is 0 Å². The predicted octanol–water partition coefficient (Wildman–Crippen LogP) is 1.83. The average Bonchev–Trinajstić information content (AvgIpc) is 2.29. The third kappa shape index (κ3) is 3.26. The van der Waals surface area contributed by atoms with Gasteiger partial charge in [0.25, 0.3) is 5.91 Å². The molecule has 0 unspecified atom stereocenters. The molecule has 0 spiro atoms. The van der Waals surface area contributed by atoms with Crippen LogP contribution in [0.5, 0.6) is 0 Å². The molecule has 0 aliphatic heterocycles. The van der Waals surface area contributed by atoms with Gasteiger partial charge in [-0.3, -0.25) is 4.79 Å². The van der Waals surface area contributed by atoms with Crippen molar-refractivity contribution in [3.05, 3.63) is 29.8 Å². The molecule has 0 saturated heterocycles. The lowest BCUT2D eigenvalue weighted by Crippen LogP contribution is -2.30. The van der Waals surface area contributed by atoms with Crippen LogP contribution in [0, 0.1) is 0 Å². The van der Waals surface area contributed by atoms with Crippen molar-refractivity contribution in [3.63, 3.8) is 0 Å². The second-order valence-corrected chi connectivity index (χ2v) is 4.79. The number of carbonyl (C=O) groups is 1. The van der Waals surface area contributed by atoms with E-state index < -0.39 is 15.1 Å². The van der Waals surface area contributed by atoms with Gasteiger partial charge in [-0.15, -0.1) is 3.89 Å². The molecule has 0 heterocycles. The summed E-state index contributed by atoms with van der Waals surface area (Å²) >= 11 is 0. The SMILES string of the molecule is CCN(CC)C(=O)c1ccc(S(=O)(=O)F)cc1. The topological polar surface area (TPSA) is 54.5 Å². The maximum Gasteiger partial charge on any atom is 0.332 e. The van der Waals surface area contributed by atoms with Gasteiger partial charge in [0.2, 0.25) is 0 Å². The molecule has 0 aromatic heterocycles. The largest absolute Gasteiger partial charge is 0.339 e. The Bertz CT molecular complexity index is 492. The van der Waals surface area contributed by atoms with Crippen LogP contribution in [-0.4, -0.2) is 32.3 Å². The number of carbonyl (C=O) groups excluding carboxylic acids is 1. The van der Waals surface area contributed by atoms with Crippen molar-refractivity contribution in [3.8, 4) is 0 Å². The molecule has 1 amide bonds. The Morgan fingerprint density at radius 3 is 2.00 bits per heavy atom. The Labute approximate surface area is 100 Å². The zero-order chi connectivity index (χ0) is 13.1. The zero-order valence-corrected chi connectivity index (χ0v) is 10.5. The quantitative estimate of drug-likeness (QED) is 0.775. The first-order chi connectivity index (χ1) is 7.90. The van der Waals surface area contributed by atoms with E-state index in [-0.39, 0.29) is 5.91 Å². The smallest absolute Gasteiger partial charge is 0.332 e. The van der Waals surface area contributed by atoms with E-state index in [1.165, 1.54) is 12.1 Å². The number of hydrogen-bond donors (Lipinski definition) is 0. The van der Waals surface area contributed by atoms with Crippen LogP contribution in [0.15, 0.2) is 29.2 Å². The summed E-state index contributed by atoms with van der Waals surface area (Å²) in [4.78, 5) is 13.0. The van der Waals surface area contributed by atoms with Gasteiger partial charge in [0, 0.05) is 18.7 Å². The minimum absolute atomic E-state index is 0.196. The maximum absolute atomic E-state index is 12.6. The minimum Gasteiger partial charge on any atom is -0.339 e. The van der Waals surface area contributed by atoms with E-state index in [9.17, 15) is 17.1 Å². The first kappa shape index (κ1) is 13.6. The lowest BCUT2D eigenvalue weighted by molar-refractivity contribution is 0.0773. The van der Waals surface area contributed by atoms with Crippen molar-refractivity contribution in [2.24, 2.45) is 0 Å². The van der Waals surface area contributed by atoms with Crippen molar-refractivity contribution < 1.29 is 17.1 Å². The summed E-state index contributed by atoms with van der Waals surface area (Å²) in [6.45, 7) is 4.83. The van der Waals surface area contributed by atoms with Crippen molar-refractivity contribution in [1.82, 2.24) is 4.90 Å². The third-order valence-corrected chi connectivity index (χ3v) is 3.27. The fraction of sp³-hybridized carbons (Fsp3) is 0.364. The summed E-state index contributed by atoms with van der Waals surface area (Å²) < 4.78 is 33.8. The van der Waals surface area contributed by atoms with Gasteiger partial charge in [0.1, 0.15) is 0 Å². The second-order valence-electron chi connectivity index (χ2n) is 3.44. The van der Waals surface area contributed by atoms with Crippen LogP contribution in [0.25, 0.3) is 0 Å². The number of benzene rings is 1. The fourth-order valence-electron chi connectivity index (χ4n) is 1.45. The normalized spacial score (nSPS) is 11.2. The Kier molecular flexibility index (Phi) is 4.22. The second kappa shape index (κ2) is 5.27. The average molecular weight is 259 g/mol. The molecule has 0 saturated carbocycles. The van der Waals surface area contributed by atoms with E-state index in [0.717, 1.165) is 12.1 Å². The van der Waals surface area contributed by atoms with Gasteiger partial charge < -0.3 is 4.90 Å². The molecule has 1 aromatic carbocycles. The van der Waals surface area contributed by atoms with Gasteiger partial charge in [0.15, 0.2) is 0 Å². The summed E-state index contributed by atoms with van der Waals surface area (Å²) in [6, 6.07) is 4.80. The summed E-state index contributed by atoms with van der Waals surface area (Å²) in [7, 11) is -4.70. The lowest BCUT2D eigenvalue weighted by atomic mass is 10.2. The molecule has 1 aromatic rings. The van der Waals surface area contributed by atoms with Crippen molar-refractivity contribution in [2.45, 2.75) is 18.7 Å². The van der Waals surface area contributed by atoms with Crippen LogP contribution in [0.3, 0.4) is 0 Å². The standard InChI is InChI=1S/C11H14FNO3S/c1-3-13(4-2)11(14)9-5-7-10(8-6-9)17(12,15)16/h5-8H,3-4H2,1-2H3. The molecule has 0 N–H and O–H groups in total. The van der Waals surface area contributed by atoms with E-state index in [2.05, 4.69) is 0 Å². The van der Waals surface area contributed by atoms with Crippen LogP contribution in [0.4, 0.5) is 3.89 Å². The van der Waals surface area contributed by atoms with Gasteiger partial charge in [-0.2, -0.15) is 8.42 Å². The zero-order valence-electron chi connectivity index (χ0n) is 9.68. The molecule has 0 aliphatic carbocycles. The van der Waals surface area contributed by atoms with Crippen molar-refractivity contribution in [2.75, 3.05) is 13.1 Å². The van der Waals surface area contributed by atoms with Gasteiger partial charge in [-0.1, -0.05) is 0 Å². The van der Waals surface area contributed by atoms with Crippen LogP contribution in [0.1, 0.15) is 24.2 Å². The highest BCUT2D eigenvalue weighted by Gasteiger charge is 2.15. The number of rotatable bonds is 4. The number of nitrogens with zero attached hydrogens (tertiary/aromatic N) is 1. The molecular formula is C11H14FNO3S. The van der Waals surface area contributed by atoms with Crippen molar-refractivity contribution in [1.29, 1.82) is 0 Å². The lowest BCUT2D eigenvalue weighted by Gasteiger charge is -2.18. The van der Waals surface area contributed by atoms with E-state index in [0.29, 0.717) is 18.7 Å². The van der Waals surface area contributed by atoms with Crippen LogP contribution in [0.2, 0.25) is 0 Å². The van der Waals surface area contributed by atoms with Gasteiger partial charge in [0.05, 0.1) is 4.90 Å². The molecule has 17 heavy (non-hydrogen) atoms. The van der Waals surface area contributed by atoms with Crippen LogP contribution in [-0.2, 0) is 10.2 Å². The molecule has 94 valence electrons. The Morgan fingerprint density at radius 1 is 1.18 bits per heavy atom. The van der Waals surface area contributed by atoms with E-state index in [1.807, 2.05) is 13.8 Å². The molecule has 0 bridgehead atoms. The molecule has 0 radical (unpaired) electrons. The first-order valence-corrected chi connectivity index (χ1v) is 6.62. The monoisotopic (exact) mass is 259 g/mol. The number of amides is 1. The van der Waals surface area contributed by atoms with Gasteiger partial charge in [-0.05, 0) is 38.1 Å².